The molecule has 0 bridgehead atoms. The molecule has 0 saturated carbocycles. The average molecular weight is 275 g/mol. The first-order valence-electron chi connectivity index (χ1n) is 5.42. The lowest BCUT2D eigenvalue weighted by Crippen LogP contribution is -2.16. The Kier molecular flexibility index (Phi) is 3.75. The molecule has 2 N–H and O–H groups in total. The number of hydrogen-bond acceptors (Lipinski definition) is 6. The van der Waals surface area contributed by atoms with Crippen LogP contribution in [0.15, 0.2) is 46.1 Å². The van der Waals surface area contributed by atoms with E-state index in [1.807, 2.05) is 0 Å². The molecule has 0 saturated heterocycles. The Labute approximate surface area is 112 Å². The first-order valence-corrected chi connectivity index (χ1v) is 5.42. The molecule has 0 aliphatic carbocycles. The van der Waals surface area contributed by atoms with Crippen LogP contribution in [0.1, 0.15) is 16.1 Å². The number of hydrazone groups is 1. The topological polar surface area (TPSA) is 118 Å². The van der Waals surface area contributed by atoms with Gasteiger partial charge in [-0.15, -0.1) is 0 Å². The van der Waals surface area contributed by atoms with Crippen LogP contribution in [0.25, 0.3) is 0 Å². The molecular weight excluding hydrogens is 266 g/mol. The number of nitrogens with one attached hydrogen (secondary N) is 1. The average Bonchev–Trinajstić information content (AvgIpc) is 2.94. The van der Waals surface area contributed by atoms with Crippen molar-refractivity contribution < 1.29 is 19.2 Å². The minimum Gasteiger partial charge on any atom is -0.502 e. The lowest BCUT2D eigenvalue weighted by atomic mass is 10.2. The van der Waals surface area contributed by atoms with Gasteiger partial charge >= 0.3 is 11.6 Å². The maximum atomic E-state index is 11.5. The maximum Gasteiger partial charge on any atom is 0.311 e. The highest BCUT2D eigenvalue weighted by Crippen LogP contribution is 2.25. The van der Waals surface area contributed by atoms with Gasteiger partial charge < -0.3 is 9.52 Å². The summed E-state index contributed by atoms with van der Waals surface area (Å²) in [6, 6.07) is 6.76. The van der Waals surface area contributed by atoms with Crippen LogP contribution in [0.4, 0.5) is 5.69 Å². The number of amides is 1. The Morgan fingerprint density at radius 1 is 1.45 bits per heavy atom. The van der Waals surface area contributed by atoms with Crippen molar-refractivity contribution in [2.45, 2.75) is 0 Å². The van der Waals surface area contributed by atoms with Crippen LogP contribution in [0.3, 0.4) is 0 Å². The van der Waals surface area contributed by atoms with E-state index in [9.17, 15) is 20.0 Å². The predicted octanol–water partition coefficient (Wildman–Crippen LogP) is 1.66. The number of benzene rings is 1. The fourth-order valence-corrected chi connectivity index (χ4v) is 1.40. The molecule has 8 heteroatoms. The van der Waals surface area contributed by atoms with E-state index >= 15 is 0 Å². The van der Waals surface area contributed by atoms with Crippen molar-refractivity contribution in [1.82, 2.24) is 5.43 Å². The molecule has 0 atom stereocenters. The number of furan rings is 1. The quantitative estimate of drug-likeness (QED) is 0.499. The molecule has 1 amide bonds. The van der Waals surface area contributed by atoms with Crippen LogP contribution in [-0.4, -0.2) is 22.2 Å². The van der Waals surface area contributed by atoms with E-state index < -0.39 is 22.3 Å². The van der Waals surface area contributed by atoms with E-state index in [0.717, 1.165) is 6.07 Å². The second-order valence-electron chi connectivity index (χ2n) is 3.68. The van der Waals surface area contributed by atoms with Crippen molar-refractivity contribution in [3.05, 3.63) is 58.0 Å². The highest BCUT2D eigenvalue weighted by molar-refractivity contribution is 5.92. The highest BCUT2D eigenvalue weighted by Gasteiger charge is 2.12. The lowest BCUT2D eigenvalue weighted by Gasteiger charge is -1.98. The maximum absolute atomic E-state index is 11.5. The predicted molar refractivity (Wildman–Crippen MR) is 68.5 cm³/mol. The SMILES string of the molecule is O=C(N/N=C\c1ccc(O)c([N+](=O)[O-])c1)c1ccco1. The number of phenolic OH excluding ortho intramolecular Hbond substituents is 1. The summed E-state index contributed by atoms with van der Waals surface area (Å²) in [6.07, 6.45) is 2.56. The molecule has 2 aromatic rings. The van der Waals surface area contributed by atoms with Gasteiger partial charge in [0.2, 0.25) is 0 Å². The fraction of sp³-hybridized carbons (Fsp3) is 0. The molecule has 1 heterocycles. The zero-order valence-corrected chi connectivity index (χ0v) is 10.0. The summed E-state index contributed by atoms with van der Waals surface area (Å²) < 4.78 is 4.86. The van der Waals surface area contributed by atoms with Gasteiger partial charge in [0, 0.05) is 11.6 Å². The molecule has 0 aliphatic heterocycles. The van der Waals surface area contributed by atoms with Gasteiger partial charge in [-0.3, -0.25) is 14.9 Å². The van der Waals surface area contributed by atoms with Gasteiger partial charge in [0.25, 0.3) is 0 Å². The van der Waals surface area contributed by atoms with Crippen molar-refractivity contribution in [2.75, 3.05) is 0 Å². The van der Waals surface area contributed by atoms with Crippen molar-refractivity contribution in [3.8, 4) is 5.75 Å². The standard InChI is InChI=1S/C12H9N3O5/c16-10-4-3-8(6-9(10)15(18)19)7-13-14-12(17)11-2-1-5-20-11/h1-7,16H,(H,14,17)/b13-7-. The van der Waals surface area contributed by atoms with Gasteiger partial charge in [0.1, 0.15) is 0 Å². The minimum absolute atomic E-state index is 0.0961. The van der Waals surface area contributed by atoms with E-state index in [-0.39, 0.29) is 5.76 Å². The van der Waals surface area contributed by atoms with Crippen LogP contribution in [0.5, 0.6) is 5.75 Å². The molecule has 0 fully saturated rings. The van der Waals surface area contributed by atoms with E-state index in [4.69, 9.17) is 4.42 Å². The summed E-state index contributed by atoms with van der Waals surface area (Å²) in [5, 5.41) is 23.5. The molecule has 0 radical (unpaired) electrons. The van der Waals surface area contributed by atoms with Gasteiger partial charge in [0.15, 0.2) is 11.5 Å². The Morgan fingerprint density at radius 2 is 2.25 bits per heavy atom. The third kappa shape index (κ3) is 2.99. The molecule has 8 nitrogen and oxygen atoms in total. The van der Waals surface area contributed by atoms with Crippen LogP contribution in [-0.2, 0) is 0 Å². The molecule has 102 valence electrons. The minimum atomic E-state index is -0.714. The van der Waals surface area contributed by atoms with Gasteiger partial charge in [-0.25, -0.2) is 5.43 Å². The Bertz CT molecular complexity index is 664. The third-order valence-corrected chi connectivity index (χ3v) is 2.32. The number of phenols is 1. The van der Waals surface area contributed by atoms with Crippen LogP contribution < -0.4 is 5.43 Å². The van der Waals surface area contributed by atoms with Gasteiger partial charge in [0.05, 0.1) is 17.4 Å². The zero-order valence-electron chi connectivity index (χ0n) is 10.0. The number of rotatable bonds is 4. The largest absolute Gasteiger partial charge is 0.502 e. The second-order valence-corrected chi connectivity index (χ2v) is 3.68. The summed E-state index contributed by atoms with van der Waals surface area (Å²) in [4.78, 5) is 21.4. The van der Waals surface area contributed by atoms with Crippen molar-refractivity contribution in [3.63, 3.8) is 0 Å². The first-order chi connectivity index (χ1) is 9.58. The van der Waals surface area contributed by atoms with Crippen LogP contribution >= 0.6 is 0 Å². The molecule has 1 aromatic heterocycles. The molecule has 20 heavy (non-hydrogen) atoms. The number of carbonyl (C=O) groups excluding carboxylic acids is 1. The van der Waals surface area contributed by atoms with Crippen molar-refractivity contribution in [1.29, 1.82) is 0 Å². The summed E-state index contributed by atoms with van der Waals surface area (Å²) >= 11 is 0. The number of carbonyl (C=O) groups is 1. The Morgan fingerprint density at radius 3 is 2.90 bits per heavy atom. The van der Waals surface area contributed by atoms with Gasteiger partial charge in [-0.05, 0) is 24.3 Å². The molecule has 0 unspecified atom stereocenters. The monoisotopic (exact) mass is 275 g/mol. The highest BCUT2D eigenvalue weighted by atomic mass is 16.6. The van der Waals surface area contributed by atoms with Crippen molar-refractivity contribution >= 4 is 17.8 Å². The summed E-state index contributed by atoms with van der Waals surface area (Å²) in [6.45, 7) is 0. The molecule has 2 rings (SSSR count). The fourth-order valence-electron chi connectivity index (χ4n) is 1.40. The normalized spacial score (nSPS) is 10.6. The summed E-state index contributed by atoms with van der Waals surface area (Å²) in [7, 11) is 0. The van der Waals surface area contributed by atoms with Crippen molar-refractivity contribution in [2.24, 2.45) is 5.10 Å². The molecule has 1 aromatic carbocycles. The van der Waals surface area contributed by atoms with E-state index in [1.165, 1.54) is 30.7 Å². The van der Waals surface area contributed by atoms with Crippen LogP contribution in [0.2, 0.25) is 0 Å². The number of aromatic hydroxyl groups is 1. The van der Waals surface area contributed by atoms with Crippen LogP contribution in [0, 0.1) is 10.1 Å². The summed E-state index contributed by atoms with van der Waals surface area (Å²) in [5.74, 6) is -0.884. The molecule has 0 spiro atoms. The molecule has 0 aliphatic rings. The lowest BCUT2D eigenvalue weighted by molar-refractivity contribution is -0.385. The Hall–Kier alpha value is -3.16. The summed E-state index contributed by atoms with van der Waals surface area (Å²) in [5.41, 5.74) is 2.12. The van der Waals surface area contributed by atoms with Gasteiger partial charge in [-0.1, -0.05) is 0 Å². The third-order valence-electron chi connectivity index (χ3n) is 2.32. The van der Waals surface area contributed by atoms with Gasteiger partial charge in [-0.2, -0.15) is 5.10 Å². The Balaban J connectivity index is 2.07. The number of nitro groups is 1. The zero-order chi connectivity index (χ0) is 14.5. The molecular formula is C12H9N3O5. The van der Waals surface area contributed by atoms with E-state index in [0.29, 0.717) is 5.56 Å². The van der Waals surface area contributed by atoms with E-state index in [1.54, 1.807) is 6.07 Å². The smallest absolute Gasteiger partial charge is 0.311 e. The number of hydrogen-bond donors (Lipinski definition) is 2. The second kappa shape index (κ2) is 5.65. The first kappa shape index (κ1) is 13.3. The number of nitrogens with zero attached hydrogens (tertiary/aromatic N) is 2. The van der Waals surface area contributed by atoms with E-state index in [2.05, 4.69) is 10.5 Å². The number of nitro benzene ring substituents is 1.